The molecule has 17 unspecified atom stereocenters. The predicted octanol–water partition coefficient (Wildman–Crippen LogP) is 15.6. The van der Waals surface area contributed by atoms with Gasteiger partial charge in [-0.05, 0) is 83.5 Å². The van der Waals surface area contributed by atoms with E-state index in [4.69, 9.17) is 28.4 Å². The molecule has 106 heavy (non-hydrogen) atoms. The number of rotatable bonds is 69. The van der Waals surface area contributed by atoms with Crippen LogP contribution in [0.4, 0.5) is 0 Å². The number of carbonyl (C=O) groups is 1. The fourth-order valence-corrected chi connectivity index (χ4v) is 14.3. The summed E-state index contributed by atoms with van der Waals surface area (Å²) in [4.78, 5) is 13.5. The van der Waals surface area contributed by atoms with E-state index in [-0.39, 0.29) is 18.9 Å². The van der Waals surface area contributed by atoms with E-state index in [0.717, 1.165) is 57.8 Å². The SMILES string of the molecule is CCCCCCC/C=C\C/C=C\C/C=C\CCCCCCCCCCCCCCCCCCCCCCCCCCC(=O)NC(COC1OC(CO)C(OC2OC(CO)C(OC3OC(CO)C(O)C(O)C3O)C(O)C2O)C(O)C1O)C(O)/C=C/CC/C=C/CC/C=C/CCCCCCCCCCCCCC. The van der Waals surface area contributed by atoms with Crippen molar-refractivity contribution in [1.29, 1.82) is 0 Å². The normalized spacial score (nSPS) is 26.0. The zero-order valence-corrected chi connectivity index (χ0v) is 66.4. The van der Waals surface area contributed by atoms with Crippen molar-refractivity contribution in [3.05, 3.63) is 72.9 Å². The molecule has 3 heterocycles. The molecule has 3 aliphatic heterocycles. The smallest absolute Gasteiger partial charge is 0.220 e. The maximum atomic E-state index is 13.5. The van der Waals surface area contributed by atoms with Crippen LogP contribution in [-0.4, -0.2) is 193 Å². The molecule has 12 N–H and O–H groups in total. The molecule has 0 aliphatic carbocycles. The molecule has 19 heteroatoms. The molecule has 618 valence electrons. The van der Waals surface area contributed by atoms with Crippen molar-refractivity contribution < 1.29 is 89.4 Å². The standard InChI is InChI=1S/C87H157NO18/c1-3-5-7-9-11-13-15-17-19-21-23-25-27-28-29-30-31-32-33-34-35-36-37-38-39-40-41-42-43-45-47-49-51-53-55-57-59-61-63-65-75(93)88-70(71(92)64-62-60-58-56-54-52-50-48-46-44-26-24-22-20-18-16-14-12-10-8-6-4-2)69-101-85-81(99)78(96)83(73(67-90)103-85)106-87-82(100)79(97)84(74(68-91)104-87)105-86-80(98)77(95)76(94)72(66-89)102-86/h15,17,21,23,27-28,46,48,54,56,62,64,70-74,76-87,89-92,94-100H,3-14,16,18-20,22,24-26,29-45,47,49-53,55,57-61,63,65-69H2,1-2H3,(H,88,93)/b17-15-,23-21-,28-27-,48-46+,56-54+,64-62+. The molecule has 0 saturated carbocycles. The molecule has 0 aromatic carbocycles. The van der Waals surface area contributed by atoms with Crippen LogP contribution in [0, 0.1) is 0 Å². The number of aliphatic hydroxyl groups excluding tert-OH is 11. The summed E-state index contributed by atoms with van der Waals surface area (Å²) in [6, 6.07) is -0.999. The minimum Gasteiger partial charge on any atom is -0.394 e. The molecule has 17 atom stereocenters. The van der Waals surface area contributed by atoms with Crippen LogP contribution in [0.25, 0.3) is 0 Å². The Labute approximate surface area is 642 Å². The van der Waals surface area contributed by atoms with Gasteiger partial charge in [-0.1, -0.05) is 324 Å². The predicted molar refractivity (Wildman–Crippen MR) is 425 cm³/mol. The summed E-state index contributed by atoms with van der Waals surface area (Å²) >= 11 is 0. The Morgan fingerprint density at radius 3 is 1.01 bits per heavy atom. The first kappa shape index (κ1) is 97.4. The number of allylic oxidation sites excluding steroid dienone is 11. The van der Waals surface area contributed by atoms with Crippen molar-refractivity contribution in [2.75, 3.05) is 26.4 Å². The highest BCUT2D eigenvalue weighted by Gasteiger charge is 2.54. The largest absolute Gasteiger partial charge is 0.394 e. The fraction of sp³-hybridized carbons (Fsp3) is 0.851. The van der Waals surface area contributed by atoms with Gasteiger partial charge >= 0.3 is 0 Å². The number of aliphatic hydroxyl groups is 11. The Bertz CT molecular complexity index is 2190. The average molecular weight is 1510 g/mol. The summed E-state index contributed by atoms with van der Waals surface area (Å²) < 4.78 is 34.4. The van der Waals surface area contributed by atoms with E-state index in [1.54, 1.807) is 6.08 Å². The van der Waals surface area contributed by atoms with E-state index in [2.05, 4.69) is 79.9 Å². The Balaban J connectivity index is 1.32. The molecule has 19 nitrogen and oxygen atoms in total. The van der Waals surface area contributed by atoms with Gasteiger partial charge < -0.3 is 89.9 Å². The van der Waals surface area contributed by atoms with Gasteiger partial charge in [0, 0.05) is 6.42 Å². The molecule has 0 aromatic heterocycles. The second-order valence-corrected chi connectivity index (χ2v) is 30.6. The molecule has 1 amide bonds. The summed E-state index contributed by atoms with van der Waals surface area (Å²) in [5, 5.41) is 121. The third-order valence-electron chi connectivity index (χ3n) is 21.2. The molecule has 3 saturated heterocycles. The topological polar surface area (TPSA) is 307 Å². The number of hydrogen-bond donors (Lipinski definition) is 12. The van der Waals surface area contributed by atoms with Crippen molar-refractivity contribution in [2.45, 2.75) is 446 Å². The van der Waals surface area contributed by atoms with Crippen molar-refractivity contribution in [3.63, 3.8) is 0 Å². The summed E-state index contributed by atoms with van der Waals surface area (Å²) in [7, 11) is 0. The molecule has 3 fully saturated rings. The van der Waals surface area contributed by atoms with Crippen molar-refractivity contribution in [2.24, 2.45) is 0 Å². The number of unbranched alkanes of at least 4 members (excludes halogenated alkanes) is 43. The number of hydrogen-bond acceptors (Lipinski definition) is 18. The lowest BCUT2D eigenvalue weighted by molar-refractivity contribution is -0.379. The maximum Gasteiger partial charge on any atom is 0.220 e. The Morgan fingerprint density at radius 2 is 0.632 bits per heavy atom. The van der Waals surface area contributed by atoms with Gasteiger partial charge in [0.1, 0.15) is 73.2 Å². The van der Waals surface area contributed by atoms with E-state index in [1.807, 2.05) is 6.08 Å². The minimum absolute atomic E-state index is 0.233. The zero-order valence-electron chi connectivity index (χ0n) is 66.4. The van der Waals surface area contributed by atoms with Crippen LogP contribution in [0.3, 0.4) is 0 Å². The third-order valence-corrected chi connectivity index (χ3v) is 21.2. The monoisotopic (exact) mass is 1500 g/mol. The molecule has 0 radical (unpaired) electrons. The summed E-state index contributed by atoms with van der Waals surface area (Å²) in [6.45, 7) is 1.73. The molecule has 0 aromatic rings. The van der Waals surface area contributed by atoms with E-state index in [1.165, 1.54) is 250 Å². The zero-order chi connectivity index (χ0) is 76.7. The Hall–Kier alpha value is -2.77. The van der Waals surface area contributed by atoms with E-state index < -0.39 is 124 Å². The molecule has 3 rings (SSSR count). The molecular formula is C87H157NO18. The molecule has 3 aliphatic rings. The minimum atomic E-state index is -1.98. The van der Waals surface area contributed by atoms with Crippen molar-refractivity contribution >= 4 is 5.91 Å². The van der Waals surface area contributed by atoms with Gasteiger partial charge in [-0.25, -0.2) is 0 Å². The van der Waals surface area contributed by atoms with Gasteiger partial charge in [0.05, 0.1) is 38.6 Å². The quantitative estimate of drug-likeness (QED) is 0.0199. The molecular weight excluding hydrogens is 1350 g/mol. The number of amides is 1. The first-order valence-corrected chi connectivity index (χ1v) is 43.2. The fourth-order valence-electron chi connectivity index (χ4n) is 14.3. The average Bonchev–Trinajstić information content (AvgIpc) is 0.780. The van der Waals surface area contributed by atoms with Gasteiger partial charge in [0.25, 0.3) is 0 Å². The number of ether oxygens (including phenoxy) is 6. The molecule has 0 spiro atoms. The Morgan fingerprint density at radius 1 is 0.340 bits per heavy atom. The van der Waals surface area contributed by atoms with Gasteiger partial charge in [0.2, 0.25) is 5.91 Å². The molecule has 0 bridgehead atoms. The first-order chi connectivity index (χ1) is 51.8. The van der Waals surface area contributed by atoms with E-state index in [9.17, 15) is 61.0 Å². The number of carbonyl (C=O) groups excluding carboxylic acids is 1. The second-order valence-electron chi connectivity index (χ2n) is 30.6. The highest BCUT2D eigenvalue weighted by Crippen LogP contribution is 2.33. The number of nitrogens with one attached hydrogen (secondary N) is 1. The van der Waals surface area contributed by atoms with Crippen LogP contribution in [0.2, 0.25) is 0 Å². The summed E-state index contributed by atoms with van der Waals surface area (Å²) in [5.41, 5.74) is 0. The second kappa shape index (κ2) is 66.8. The van der Waals surface area contributed by atoms with Gasteiger partial charge in [-0.3, -0.25) is 4.79 Å². The van der Waals surface area contributed by atoms with Gasteiger partial charge in [-0.15, -0.1) is 0 Å². The van der Waals surface area contributed by atoms with E-state index in [0.29, 0.717) is 12.8 Å². The highest BCUT2D eigenvalue weighted by atomic mass is 16.8. The van der Waals surface area contributed by atoms with Crippen molar-refractivity contribution in [3.8, 4) is 0 Å². The lowest BCUT2D eigenvalue weighted by atomic mass is 9.96. The maximum absolute atomic E-state index is 13.5. The van der Waals surface area contributed by atoms with Crippen LogP contribution in [0.1, 0.15) is 341 Å². The Kier molecular flexibility index (Phi) is 61.4. The van der Waals surface area contributed by atoms with Crippen LogP contribution in [0.5, 0.6) is 0 Å². The highest BCUT2D eigenvalue weighted by molar-refractivity contribution is 5.76. The summed E-state index contributed by atoms with van der Waals surface area (Å²) in [6.07, 6.45) is 62.0. The lowest BCUT2D eigenvalue weighted by Crippen LogP contribution is -2.66. The first-order valence-electron chi connectivity index (χ1n) is 43.2. The van der Waals surface area contributed by atoms with Crippen molar-refractivity contribution in [1.82, 2.24) is 5.32 Å². The summed E-state index contributed by atoms with van der Waals surface area (Å²) in [5.74, 6) is -0.285. The van der Waals surface area contributed by atoms with Crippen LogP contribution >= 0.6 is 0 Å². The third kappa shape index (κ3) is 45.7. The van der Waals surface area contributed by atoms with Gasteiger partial charge in [0.15, 0.2) is 18.9 Å². The van der Waals surface area contributed by atoms with Crippen LogP contribution < -0.4 is 5.32 Å². The van der Waals surface area contributed by atoms with Crippen LogP contribution in [-0.2, 0) is 33.2 Å². The van der Waals surface area contributed by atoms with E-state index >= 15 is 0 Å². The lowest BCUT2D eigenvalue weighted by Gasteiger charge is -2.48. The van der Waals surface area contributed by atoms with Crippen LogP contribution in [0.15, 0.2) is 72.9 Å². The van der Waals surface area contributed by atoms with Gasteiger partial charge in [-0.2, -0.15) is 0 Å².